The van der Waals surface area contributed by atoms with Crippen LogP contribution < -0.4 is 5.32 Å². The summed E-state index contributed by atoms with van der Waals surface area (Å²) in [5.41, 5.74) is 0.851. The molecule has 0 aromatic carbocycles. The van der Waals surface area contributed by atoms with Crippen LogP contribution in [0.5, 0.6) is 0 Å². The molecule has 1 amide bonds. The number of rotatable bonds is 1. The van der Waals surface area contributed by atoms with E-state index in [0.717, 1.165) is 13.9 Å². The molecule has 2 rings (SSSR count). The number of anilines is 1. The summed E-state index contributed by atoms with van der Waals surface area (Å²) in [5.74, 6) is -0.104. The van der Waals surface area contributed by atoms with Gasteiger partial charge in [-0.2, -0.15) is 0 Å². The Bertz CT molecular complexity index is 430. The van der Waals surface area contributed by atoms with Crippen molar-refractivity contribution in [2.45, 2.75) is 6.92 Å². The van der Waals surface area contributed by atoms with E-state index in [9.17, 15) is 4.79 Å². The molecule has 0 bridgehead atoms. The first-order valence-electron chi connectivity index (χ1n) is 3.48. The van der Waals surface area contributed by atoms with Crippen molar-refractivity contribution in [3.05, 3.63) is 10.4 Å². The fraction of sp³-hybridized carbons (Fsp3) is 0.143. The van der Waals surface area contributed by atoms with Crippen molar-refractivity contribution in [3.63, 3.8) is 0 Å². The lowest BCUT2D eigenvalue weighted by Crippen LogP contribution is -2.04. The lowest BCUT2D eigenvalue weighted by molar-refractivity contribution is -0.114. The molecule has 0 fully saturated rings. The van der Waals surface area contributed by atoms with Crippen LogP contribution in [0.2, 0.25) is 4.34 Å². The molecule has 0 spiro atoms. The number of thiophene rings is 1. The topological polar surface area (TPSA) is 42.0 Å². The summed E-state index contributed by atoms with van der Waals surface area (Å²) in [7, 11) is 0. The zero-order valence-corrected chi connectivity index (χ0v) is 9.02. The van der Waals surface area contributed by atoms with Crippen molar-refractivity contribution in [1.29, 1.82) is 0 Å². The van der Waals surface area contributed by atoms with Crippen LogP contribution in [0.25, 0.3) is 9.53 Å². The van der Waals surface area contributed by atoms with E-state index in [1.54, 1.807) is 6.07 Å². The molecule has 6 heteroatoms. The number of nitrogens with zero attached hydrogens (tertiary/aromatic N) is 1. The van der Waals surface area contributed by atoms with E-state index in [1.807, 2.05) is 0 Å². The SMILES string of the molecule is CC(=O)Nc1nc2cc(Cl)sc2s1. The lowest BCUT2D eigenvalue weighted by Gasteiger charge is -1.91. The molecule has 13 heavy (non-hydrogen) atoms. The van der Waals surface area contributed by atoms with Crippen LogP contribution in [0, 0.1) is 0 Å². The third-order valence-electron chi connectivity index (χ3n) is 1.34. The van der Waals surface area contributed by atoms with Gasteiger partial charge in [0.1, 0.15) is 4.01 Å². The van der Waals surface area contributed by atoms with Gasteiger partial charge < -0.3 is 5.32 Å². The zero-order chi connectivity index (χ0) is 9.42. The van der Waals surface area contributed by atoms with E-state index in [4.69, 9.17) is 11.6 Å². The largest absolute Gasteiger partial charge is 0.302 e. The van der Waals surface area contributed by atoms with E-state index in [1.165, 1.54) is 29.6 Å². The number of thiazole rings is 1. The maximum absolute atomic E-state index is 10.7. The smallest absolute Gasteiger partial charge is 0.223 e. The second-order valence-electron chi connectivity index (χ2n) is 2.42. The minimum Gasteiger partial charge on any atom is -0.302 e. The summed E-state index contributed by atoms with van der Waals surface area (Å²) in [6.07, 6.45) is 0. The number of nitrogens with one attached hydrogen (secondary N) is 1. The summed E-state index contributed by atoms with van der Waals surface area (Å²) >= 11 is 8.69. The van der Waals surface area contributed by atoms with Crippen molar-refractivity contribution in [3.8, 4) is 0 Å². The van der Waals surface area contributed by atoms with Crippen LogP contribution in [0.4, 0.5) is 5.13 Å². The van der Waals surface area contributed by atoms with Gasteiger partial charge in [-0.25, -0.2) is 4.98 Å². The Morgan fingerprint density at radius 3 is 3.00 bits per heavy atom. The fourth-order valence-corrected chi connectivity index (χ4v) is 3.34. The average molecular weight is 233 g/mol. The van der Waals surface area contributed by atoms with E-state index in [0.29, 0.717) is 5.13 Å². The van der Waals surface area contributed by atoms with Gasteiger partial charge in [-0.15, -0.1) is 11.3 Å². The van der Waals surface area contributed by atoms with Crippen LogP contribution in [0.1, 0.15) is 6.92 Å². The quantitative estimate of drug-likeness (QED) is 0.822. The number of carbonyl (C=O) groups excluding carboxylic acids is 1. The van der Waals surface area contributed by atoms with E-state index < -0.39 is 0 Å². The van der Waals surface area contributed by atoms with E-state index in [-0.39, 0.29) is 5.91 Å². The molecule has 3 nitrogen and oxygen atoms in total. The van der Waals surface area contributed by atoms with Gasteiger partial charge in [-0.05, 0) is 6.07 Å². The van der Waals surface area contributed by atoms with Crippen molar-refractivity contribution in [2.75, 3.05) is 5.32 Å². The number of halogens is 1. The standard InChI is InChI=1S/C7H5ClN2OS2/c1-3(11)9-7-10-4-2-5(8)12-6(4)13-7/h2H,1H3,(H,9,10,11). The van der Waals surface area contributed by atoms with Crippen molar-refractivity contribution < 1.29 is 4.79 Å². The molecule has 0 aliphatic heterocycles. The number of fused-ring (bicyclic) bond motifs is 1. The molecule has 0 unspecified atom stereocenters. The summed E-state index contributed by atoms with van der Waals surface area (Å²) in [5, 5.41) is 3.26. The normalized spacial score (nSPS) is 10.6. The Balaban J connectivity index is 2.39. The molecule has 1 N–H and O–H groups in total. The van der Waals surface area contributed by atoms with Crippen molar-refractivity contribution >= 4 is 54.8 Å². The Morgan fingerprint density at radius 2 is 2.38 bits per heavy atom. The van der Waals surface area contributed by atoms with Crippen LogP contribution in [-0.4, -0.2) is 10.9 Å². The molecular formula is C7H5ClN2OS2. The molecule has 0 atom stereocenters. The molecule has 2 aromatic rings. The Morgan fingerprint density at radius 1 is 1.62 bits per heavy atom. The van der Waals surface area contributed by atoms with Crippen molar-refractivity contribution in [1.82, 2.24) is 4.98 Å². The summed E-state index contributed by atoms with van der Waals surface area (Å²) in [4.78, 5) is 14.9. The van der Waals surface area contributed by atoms with Gasteiger partial charge in [0, 0.05) is 6.92 Å². The average Bonchev–Trinajstić information content (AvgIpc) is 2.41. The highest BCUT2D eigenvalue weighted by Gasteiger charge is 2.07. The Kier molecular flexibility index (Phi) is 2.23. The molecule has 0 aliphatic carbocycles. The first-order chi connectivity index (χ1) is 6.15. The molecule has 2 aromatic heterocycles. The van der Waals surface area contributed by atoms with Gasteiger partial charge in [0.05, 0.1) is 9.85 Å². The number of hydrogen-bond donors (Lipinski definition) is 1. The number of hydrogen-bond acceptors (Lipinski definition) is 4. The van der Waals surface area contributed by atoms with E-state index >= 15 is 0 Å². The fourth-order valence-electron chi connectivity index (χ4n) is 0.912. The monoisotopic (exact) mass is 232 g/mol. The molecule has 0 aliphatic rings. The minimum absolute atomic E-state index is 0.104. The van der Waals surface area contributed by atoms with Gasteiger partial charge in [-0.1, -0.05) is 22.9 Å². The van der Waals surface area contributed by atoms with Crippen LogP contribution >= 0.6 is 34.3 Å². The van der Waals surface area contributed by atoms with Gasteiger partial charge in [-0.3, -0.25) is 4.79 Å². The maximum atomic E-state index is 10.7. The molecule has 68 valence electrons. The molecular weight excluding hydrogens is 228 g/mol. The maximum Gasteiger partial charge on any atom is 0.223 e. The Hall–Kier alpha value is -0.650. The van der Waals surface area contributed by atoms with E-state index in [2.05, 4.69) is 10.3 Å². The summed E-state index contributed by atoms with van der Waals surface area (Å²) < 4.78 is 1.76. The molecule has 0 saturated carbocycles. The molecule has 2 heterocycles. The second kappa shape index (κ2) is 3.25. The van der Waals surface area contributed by atoms with Gasteiger partial charge in [0.15, 0.2) is 5.13 Å². The lowest BCUT2D eigenvalue weighted by atomic mass is 10.6. The number of aromatic nitrogens is 1. The van der Waals surface area contributed by atoms with Crippen LogP contribution in [-0.2, 0) is 4.79 Å². The van der Waals surface area contributed by atoms with Gasteiger partial charge in [0.2, 0.25) is 5.91 Å². The van der Waals surface area contributed by atoms with Crippen molar-refractivity contribution in [2.24, 2.45) is 0 Å². The summed E-state index contributed by atoms with van der Waals surface area (Å²) in [6.45, 7) is 1.46. The third-order valence-corrected chi connectivity index (χ3v) is 3.67. The van der Waals surface area contributed by atoms with Gasteiger partial charge in [0.25, 0.3) is 0 Å². The third kappa shape index (κ3) is 1.82. The predicted octanol–water partition coefficient (Wildman–Crippen LogP) is 2.97. The minimum atomic E-state index is -0.104. The highest BCUT2D eigenvalue weighted by molar-refractivity contribution is 7.41. The first kappa shape index (κ1) is 8.93. The highest BCUT2D eigenvalue weighted by atomic mass is 35.5. The van der Waals surface area contributed by atoms with Crippen LogP contribution in [0.15, 0.2) is 6.07 Å². The summed E-state index contributed by atoms with van der Waals surface area (Å²) in [6, 6.07) is 1.80. The van der Waals surface area contributed by atoms with Crippen LogP contribution in [0.3, 0.4) is 0 Å². The second-order valence-corrected chi connectivity index (χ2v) is 5.36. The molecule has 0 saturated heterocycles. The van der Waals surface area contributed by atoms with Gasteiger partial charge >= 0.3 is 0 Å². The molecule has 0 radical (unpaired) electrons. The zero-order valence-electron chi connectivity index (χ0n) is 6.63. The number of carbonyl (C=O) groups is 1. The number of amides is 1. The highest BCUT2D eigenvalue weighted by Crippen LogP contribution is 2.35. The predicted molar refractivity (Wildman–Crippen MR) is 56.8 cm³/mol. The first-order valence-corrected chi connectivity index (χ1v) is 5.50. The Labute approximate surface area is 87.4 Å².